The van der Waals surface area contributed by atoms with Crippen LogP contribution in [0.4, 0.5) is 0 Å². The molecule has 2 unspecified atom stereocenters. The zero-order valence-electron chi connectivity index (χ0n) is 14.1. The van der Waals surface area contributed by atoms with Crippen molar-refractivity contribution in [2.75, 3.05) is 20.3 Å². The summed E-state index contributed by atoms with van der Waals surface area (Å²) < 4.78 is 10.4. The molecule has 6 heteroatoms. The highest BCUT2D eigenvalue weighted by Crippen LogP contribution is 2.28. The molecular weight excluding hydrogens is 298 g/mol. The predicted octanol–water partition coefficient (Wildman–Crippen LogP) is 2.18. The molecule has 0 aliphatic heterocycles. The van der Waals surface area contributed by atoms with Gasteiger partial charge in [0.05, 0.1) is 6.61 Å². The molecule has 0 radical (unpaired) electrons. The van der Waals surface area contributed by atoms with Gasteiger partial charge in [0.2, 0.25) is 0 Å². The highest BCUT2D eigenvalue weighted by molar-refractivity contribution is 5.87. The van der Waals surface area contributed by atoms with Crippen molar-refractivity contribution in [3.8, 4) is 5.75 Å². The van der Waals surface area contributed by atoms with Gasteiger partial charge >= 0.3 is 5.97 Å². The summed E-state index contributed by atoms with van der Waals surface area (Å²) in [6, 6.07) is 7.54. The third kappa shape index (κ3) is 5.25. The smallest absolute Gasteiger partial charge is 0.331 e. The standard InChI is InChI=1S/C17H25NO5/c1-5-12(2)13-8-6-7-9-14(13)23-10-15(19)18-17(3,11-22-4)16(20)21/h6-9,12H,5,10-11H2,1-4H3,(H,18,19)(H,20,21). The van der Waals surface area contributed by atoms with E-state index in [-0.39, 0.29) is 13.2 Å². The molecule has 0 spiro atoms. The van der Waals surface area contributed by atoms with E-state index in [1.807, 2.05) is 18.2 Å². The molecule has 1 rings (SSSR count). The molecule has 0 fully saturated rings. The van der Waals surface area contributed by atoms with Crippen LogP contribution in [0.5, 0.6) is 5.75 Å². The Hall–Kier alpha value is -2.08. The maximum absolute atomic E-state index is 12.0. The molecule has 1 aromatic rings. The van der Waals surface area contributed by atoms with Gasteiger partial charge in [-0.3, -0.25) is 4.79 Å². The first-order valence-electron chi connectivity index (χ1n) is 7.59. The minimum Gasteiger partial charge on any atom is -0.483 e. The van der Waals surface area contributed by atoms with Crippen molar-refractivity contribution in [1.82, 2.24) is 5.32 Å². The van der Waals surface area contributed by atoms with E-state index in [1.54, 1.807) is 6.07 Å². The maximum atomic E-state index is 12.0. The van der Waals surface area contributed by atoms with Crippen molar-refractivity contribution in [1.29, 1.82) is 0 Å². The number of hydrogen-bond acceptors (Lipinski definition) is 4. The average molecular weight is 323 g/mol. The molecule has 1 aromatic carbocycles. The molecule has 0 saturated carbocycles. The minimum atomic E-state index is -1.48. The first kappa shape index (κ1) is 19.0. The van der Waals surface area contributed by atoms with Crippen molar-refractivity contribution in [2.45, 2.75) is 38.6 Å². The molecule has 0 saturated heterocycles. The van der Waals surface area contributed by atoms with Crippen LogP contribution in [0, 0.1) is 0 Å². The Morgan fingerprint density at radius 2 is 2.00 bits per heavy atom. The molecule has 2 N–H and O–H groups in total. The Morgan fingerprint density at radius 1 is 1.35 bits per heavy atom. The highest BCUT2D eigenvalue weighted by Gasteiger charge is 2.35. The number of carbonyl (C=O) groups is 2. The average Bonchev–Trinajstić information content (AvgIpc) is 2.52. The number of methoxy groups -OCH3 is 1. The first-order valence-corrected chi connectivity index (χ1v) is 7.59. The molecule has 2 atom stereocenters. The van der Waals surface area contributed by atoms with Gasteiger partial charge in [-0.25, -0.2) is 4.79 Å². The number of rotatable bonds is 9. The van der Waals surface area contributed by atoms with E-state index >= 15 is 0 Å². The molecule has 0 heterocycles. The third-order valence-electron chi connectivity index (χ3n) is 3.74. The second kappa shape index (κ2) is 8.53. The van der Waals surface area contributed by atoms with Gasteiger partial charge in [0.15, 0.2) is 12.1 Å². The largest absolute Gasteiger partial charge is 0.483 e. The first-order chi connectivity index (χ1) is 10.8. The number of hydrogen-bond donors (Lipinski definition) is 2. The number of aliphatic carboxylic acids is 1. The maximum Gasteiger partial charge on any atom is 0.331 e. The lowest BCUT2D eigenvalue weighted by Gasteiger charge is -2.25. The quantitative estimate of drug-likeness (QED) is 0.727. The summed E-state index contributed by atoms with van der Waals surface area (Å²) in [5, 5.41) is 11.6. The lowest BCUT2D eigenvalue weighted by atomic mass is 9.98. The van der Waals surface area contributed by atoms with Gasteiger partial charge in [0.1, 0.15) is 5.75 Å². The summed E-state index contributed by atoms with van der Waals surface area (Å²) in [6.07, 6.45) is 0.956. The summed E-state index contributed by atoms with van der Waals surface area (Å²) in [4.78, 5) is 23.3. The summed E-state index contributed by atoms with van der Waals surface area (Å²) in [5.74, 6) is -0.716. The van der Waals surface area contributed by atoms with Crippen molar-refractivity contribution in [3.63, 3.8) is 0 Å². The molecular formula is C17H25NO5. The summed E-state index contributed by atoms with van der Waals surface area (Å²) in [6.45, 7) is 5.18. The van der Waals surface area contributed by atoms with Crippen LogP contribution < -0.4 is 10.1 Å². The van der Waals surface area contributed by atoms with E-state index < -0.39 is 17.4 Å². The second-order valence-corrected chi connectivity index (χ2v) is 5.75. The fraction of sp³-hybridized carbons (Fsp3) is 0.529. The van der Waals surface area contributed by atoms with Crippen LogP contribution in [0.2, 0.25) is 0 Å². The van der Waals surface area contributed by atoms with Crippen molar-refractivity contribution in [3.05, 3.63) is 29.8 Å². The number of nitrogens with one attached hydrogen (secondary N) is 1. The molecule has 23 heavy (non-hydrogen) atoms. The monoisotopic (exact) mass is 323 g/mol. The predicted molar refractivity (Wildman–Crippen MR) is 86.7 cm³/mol. The molecule has 0 aliphatic rings. The lowest BCUT2D eigenvalue weighted by molar-refractivity contribution is -0.149. The normalized spacial score (nSPS) is 14.6. The van der Waals surface area contributed by atoms with Gasteiger partial charge in [-0.05, 0) is 30.9 Å². The fourth-order valence-corrected chi connectivity index (χ4v) is 2.17. The molecule has 6 nitrogen and oxygen atoms in total. The Kier molecular flexibility index (Phi) is 7.03. The summed E-state index contributed by atoms with van der Waals surface area (Å²) in [7, 11) is 1.38. The van der Waals surface area contributed by atoms with Crippen LogP contribution in [0.15, 0.2) is 24.3 Å². The molecule has 0 bridgehead atoms. The Bertz CT molecular complexity index is 546. The Balaban J connectivity index is 2.72. The van der Waals surface area contributed by atoms with Crippen LogP contribution in [-0.4, -0.2) is 42.8 Å². The van der Waals surface area contributed by atoms with E-state index in [4.69, 9.17) is 9.47 Å². The number of carboxylic acid groups (broad SMARTS) is 1. The highest BCUT2D eigenvalue weighted by atomic mass is 16.5. The Morgan fingerprint density at radius 3 is 2.57 bits per heavy atom. The van der Waals surface area contributed by atoms with Gasteiger partial charge in [-0.2, -0.15) is 0 Å². The molecule has 1 amide bonds. The van der Waals surface area contributed by atoms with Crippen molar-refractivity contribution in [2.24, 2.45) is 0 Å². The zero-order chi connectivity index (χ0) is 17.5. The molecule has 128 valence electrons. The van der Waals surface area contributed by atoms with E-state index in [0.717, 1.165) is 12.0 Å². The fourth-order valence-electron chi connectivity index (χ4n) is 2.17. The van der Waals surface area contributed by atoms with Crippen LogP contribution >= 0.6 is 0 Å². The number of amides is 1. The number of carbonyl (C=O) groups excluding carboxylic acids is 1. The van der Waals surface area contributed by atoms with E-state index in [1.165, 1.54) is 14.0 Å². The van der Waals surface area contributed by atoms with Crippen LogP contribution in [0.3, 0.4) is 0 Å². The topological polar surface area (TPSA) is 84.9 Å². The van der Waals surface area contributed by atoms with Crippen LogP contribution in [-0.2, 0) is 14.3 Å². The minimum absolute atomic E-state index is 0.127. The van der Waals surface area contributed by atoms with Crippen LogP contribution in [0.25, 0.3) is 0 Å². The van der Waals surface area contributed by atoms with Crippen molar-refractivity contribution < 1.29 is 24.2 Å². The molecule has 0 aliphatic carbocycles. The van der Waals surface area contributed by atoms with Crippen LogP contribution in [0.1, 0.15) is 38.7 Å². The van der Waals surface area contributed by atoms with Gasteiger partial charge in [-0.1, -0.05) is 32.0 Å². The number of para-hydroxylation sites is 1. The third-order valence-corrected chi connectivity index (χ3v) is 3.74. The summed E-state index contributed by atoms with van der Waals surface area (Å²) in [5.41, 5.74) is -0.452. The van der Waals surface area contributed by atoms with E-state index in [2.05, 4.69) is 19.2 Å². The summed E-state index contributed by atoms with van der Waals surface area (Å²) >= 11 is 0. The van der Waals surface area contributed by atoms with Gasteiger partial charge in [0, 0.05) is 7.11 Å². The van der Waals surface area contributed by atoms with Gasteiger partial charge in [0.25, 0.3) is 5.91 Å². The number of carboxylic acids is 1. The second-order valence-electron chi connectivity index (χ2n) is 5.75. The number of ether oxygens (including phenoxy) is 2. The van der Waals surface area contributed by atoms with Gasteiger partial charge < -0.3 is 19.9 Å². The van der Waals surface area contributed by atoms with E-state index in [9.17, 15) is 14.7 Å². The lowest BCUT2D eigenvalue weighted by Crippen LogP contribution is -2.56. The van der Waals surface area contributed by atoms with Crippen molar-refractivity contribution >= 4 is 11.9 Å². The van der Waals surface area contributed by atoms with E-state index in [0.29, 0.717) is 11.7 Å². The zero-order valence-corrected chi connectivity index (χ0v) is 14.1. The SMILES string of the molecule is CCC(C)c1ccccc1OCC(=O)NC(C)(COC)C(=O)O. The number of benzene rings is 1. The molecule has 0 aromatic heterocycles. The van der Waals surface area contributed by atoms with Gasteiger partial charge in [-0.15, -0.1) is 0 Å². The Labute approximate surface area is 136 Å².